The van der Waals surface area contributed by atoms with Gasteiger partial charge in [-0.25, -0.2) is 9.97 Å². The molecule has 2 heterocycles. The van der Waals surface area contributed by atoms with E-state index in [1.54, 1.807) is 16.3 Å². The number of rotatable bonds is 5. The van der Waals surface area contributed by atoms with Gasteiger partial charge in [0.1, 0.15) is 5.82 Å². The van der Waals surface area contributed by atoms with Gasteiger partial charge in [0.2, 0.25) is 6.33 Å². The Morgan fingerprint density at radius 3 is 2.52 bits per heavy atom. The zero-order valence-corrected chi connectivity index (χ0v) is 14.7. The Hall–Kier alpha value is -2.66. The molecule has 0 spiro atoms. The van der Waals surface area contributed by atoms with Crippen LogP contribution in [0.25, 0.3) is 16.8 Å². The van der Waals surface area contributed by atoms with Gasteiger partial charge in [-0.15, -0.1) is 0 Å². The Balaban J connectivity index is 1.63. The predicted molar refractivity (Wildman–Crippen MR) is 99.6 cm³/mol. The van der Waals surface area contributed by atoms with Gasteiger partial charge in [-0.05, 0) is 36.2 Å². The largest absolute Gasteiger partial charge is 0.213 e. The molecule has 0 aliphatic heterocycles. The maximum absolute atomic E-state index is 4.64. The molecular formula is C20H17N4S. The average Bonchev–Trinajstić information content (AvgIpc) is 3.07. The lowest BCUT2D eigenvalue weighted by Crippen LogP contribution is -2.00. The van der Waals surface area contributed by atoms with E-state index in [-0.39, 0.29) is 0 Å². The summed E-state index contributed by atoms with van der Waals surface area (Å²) in [4.78, 5) is 11.3. The predicted octanol–water partition coefficient (Wildman–Crippen LogP) is 4.70. The molecule has 25 heavy (non-hydrogen) atoms. The standard InChI is InChI=1S/C20H17N4S/c1-2-6-19-21-14-24-20(23-19)18(13-22-24)15-9-11-17(12-10-15)25-16-7-4-3-5-8-16/h3-5,7-13H,2,6H2,1H3. The summed E-state index contributed by atoms with van der Waals surface area (Å²) < 4.78 is 1.61. The molecule has 5 heteroatoms. The number of aryl methyl sites for hydroxylation is 1. The molecule has 4 rings (SSSR count). The van der Waals surface area contributed by atoms with Crippen LogP contribution >= 0.6 is 11.8 Å². The number of benzene rings is 2. The Bertz CT molecular complexity index is 978. The lowest BCUT2D eigenvalue weighted by Gasteiger charge is -2.04. The Labute approximate surface area is 151 Å². The molecule has 0 unspecified atom stereocenters. The van der Waals surface area contributed by atoms with E-state index < -0.39 is 0 Å². The van der Waals surface area contributed by atoms with Crippen molar-refractivity contribution in [2.24, 2.45) is 0 Å². The zero-order chi connectivity index (χ0) is 17.1. The molecule has 2 aromatic carbocycles. The van der Waals surface area contributed by atoms with Crippen molar-refractivity contribution in [3.05, 3.63) is 72.9 Å². The fourth-order valence-corrected chi connectivity index (χ4v) is 3.48. The molecule has 0 aliphatic carbocycles. The summed E-state index contributed by atoms with van der Waals surface area (Å²) >= 11 is 1.75. The number of nitrogens with zero attached hydrogens (tertiary/aromatic N) is 4. The summed E-state index contributed by atoms with van der Waals surface area (Å²) in [6.07, 6.45) is 6.62. The van der Waals surface area contributed by atoms with Gasteiger partial charge in [0.05, 0.1) is 6.20 Å². The van der Waals surface area contributed by atoms with E-state index in [2.05, 4.69) is 76.8 Å². The minimum absolute atomic E-state index is 0.807. The molecular weight excluding hydrogens is 328 g/mol. The van der Waals surface area contributed by atoms with Crippen LogP contribution in [0.2, 0.25) is 0 Å². The second-order valence-corrected chi connectivity index (χ2v) is 6.87. The maximum Gasteiger partial charge on any atom is 0.202 e. The smallest absolute Gasteiger partial charge is 0.202 e. The van der Waals surface area contributed by atoms with Crippen molar-refractivity contribution in [3.8, 4) is 11.1 Å². The number of hydrogen-bond donors (Lipinski definition) is 0. The summed E-state index contributed by atoms with van der Waals surface area (Å²) in [6, 6.07) is 18.9. The normalized spacial score (nSPS) is 11.1. The lowest BCUT2D eigenvalue weighted by atomic mass is 10.1. The van der Waals surface area contributed by atoms with Crippen LogP contribution in [-0.2, 0) is 6.42 Å². The second-order valence-electron chi connectivity index (χ2n) is 5.72. The third-order valence-corrected chi connectivity index (χ3v) is 4.89. The third kappa shape index (κ3) is 3.42. The average molecular weight is 345 g/mol. The first-order valence-corrected chi connectivity index (χ1v) is 9.11. The molecule has 0 N–H and O–H groups in total. The van der Waals surface area contributed by atoms with Gasteiger partial charge in [0.15, 0.2) is 5.65 Å². The van der Waals surface area contributed by atoms with Gasteiger partial charge < -0.3 is 0 Å². The Kier molecular flexibility index (Phi) is 4.48. The van der Waals surface area contributed by atoms with E-state index in [1.807, 2.05) is 12.3 Å². The van der Waals surface area contributed by atoms with Gasteiger partial charge in [0.25, 0.3) is 0 Å². The first-order chi connectivity index (χ1) is 12.3. The van der Waals surface area contributed by atoms with Gasteiger partial charge >= 0.3 is 0 Å². The van der Waals surface area contributed by atoms with Crippen LogP contribution in [0.1, 0.15) is 19.2 Å². The van der Waals surface area contributed by atoms with E-state index in [0.717, 1.165) is 35.4 Å². The Morgan fingerprint density at radius 2 is 1.76 bits per heavy atom. The summed E-state index contributed by atoms with van der Waals surface area (Å²) in [7, 11) is 0. The van der Waals surface area contributed by atoms with Crippen LogP contribution in [0.3, 0.4) is 0 Å². The van der Waals surface area contributed by atoms with Gasteiger partial charge in [-0.3, -0.25) is 0 Å². The highest BCUT2D eigenvalue weighted by Crippen LogP contribution is 2.30. The van der Waals surface area contributed by atoms with Crippen LogP contribution in [0.5, 0.6) is 0 Å². The molecule has 1 radical (unpaired) electrons. The van der Waals surface area contributed by atoms with Gasteiger partial charge in [-0.1, -0.05) is 49.0 Å². The SMILES string of the molecule is CCCc1n[c]n2ncc(-c3ccc(Sc4ccccc4)cc3)c2n1. The van der Waals surface area contributed by atoms with E-state index in [4.69, 9.17) is 0 Å². The monoisotopic (exact) mass is 345 g/mol. The zero-order valence-electron chi connectivity index (χ0n) is 13.9. The highest BCUT2D eigenvalue weighted by atomic mass is 32.2. The summed E-state index contributed by atoms with van der Waals surface area (Å²) in [6.45, 7) is 2.12. The van der Waals surface area contributed by atoms with E-state index in [1.165, 1.54) is 9.79 Å². The van der Waals surface area contributed by atoms with Crippen molar-refractivity contribution in [2.45, 2.75) is 29.6 Å². The first-order valence-electron chi connectivity index (χ1n) is 8.29. The van der Waals surface area contributed by atoms with Crippen LogP contribution in [-0.4, -0.2) is 19.6 Å². The molecule has 0 saturated heterocycles. The lowest BCUT2D eigenvalue weighted by molar-refractivity contribution is 0.789. The summed E-state index contributed by atoms with van der Waals surface area (Å²) in [5.74, 6) is 0.813. The van der Waals surface area contributed by atoms with E-state index >= 15 is 0 Å². The van der Waals surface area contributed by atoms with Crippen molar-refractivity contribution in [1.29, 1.82) is 0 Å². The molecule has 0 saturated carbocycles. The second kappa shape index (κ2) is 7.07. The van der Waals surface area contributed by atoms with Crippen molar-refractivity contribution < 1.29 is 0 Å². The number of fused-ring (bicyclic) bond motifs is 1. The fraction of sp³-hybridized carbons (Fsp3) is 0.150. The van der Waals surface area contributed by atoms with Gasteiger partial charge in [-0.2, -0.15) is 9.61 Å². The maximum atomic E-state index is 4.64. The molecule has 4 aromatic rings. The Morgan fingerprint density at radius 1 is 1.00 bits per heavy atom. The van der Waals surface area contributed by atoms with Crippen molar-refractivity contribution in [2.75, 3.05) is 0 Å². The molecule has 123 valence electrons. The van der Waals surface area contributed by atoms with Crippen LogP contribution in [0.4, 0.5) is 0 Å². The van der Waals surface area contributed by atoms with Crippen molar-refractivity contribution in [1.82, 2.24) is 19.6 Å². The van der Waals surface area contributed by atoms with Crippen molar-refractivity contribution in [3.63, 3.8) is 0 Å². The van der Waals surface area contributed by atoms with E-state index in [0.29, 0.717) is 0 Å². The third-order valence-electron chi connectivity index (χ3n) is 3.87. The molecule has 0 aliphatic rings. The van der Waals surface area contributed by atoms with Crippen LogP contribution in [0, 0.1) is 6.33 Å². The minimum atomic E-state index is 0.807. The highest BCUT2D eigenvalue weighted by Gasteiger charge is 2.10. The molecule has 0 amide bonds. The van der Waals surface area contributed by atoms with Crippen LogP contribution in [0.15, 0.2) is 70.6 Å². The van der Waals surface area contributed by atoms with E-state index in [9.17, 15) is 0 Å². The number of aromatic nitrogens is 4. The van der Waals surface area contributed by atoms with Gasteiger partial charge in [0, 0.05) is 21.8 Å². The summed E-state index contributed by atoms with van der Waals surface area (Å²) in [5, 5.41) is 4.32. The van der Waals surface area contributed by atoms with Crippen LogP contribution < -0.4 is 0 Å². The topological polar surface area (TPSA) is 43.1 Å². The molecule has 0 bridgehead atoms. The van der Waals surface area contributed by atoms with Crippen molar-refractivity contribution >= 4 is 17.4 Å². The highest BCUT2D eigenvalue weighted by molar-refractivity contribution is 7.99. The fourth-order valence-electron chi connectivity index (χ4n) is 2.64. The molecule has 2 aromatic heterocycles. The molecule has 0 atom stereocenters. The molecule has 0 fully saturated rings. The summed E-state index contributed by atoms with van der Waals surface area (Å²) in [5.41, 5.74) is 2.91. The quantitative estimate of drug-likeness (QED) is 0.526. The molecule has 4 nitrogen and oxygen atoms in total. The first kappa shape index (κ1) is 15.8. The minimum Gasteiger partial charge on any atom is -0.213 e. The number of hydrogen-bond acceptors (Lipinski definition) is 4.